The van der Waals surface area contributed by atoms with Crippen molar-refractivity contribution in [3.63, 3.8) is 0 Å². The number of amides is 1. The number of carbonyl (C=O) groups is 1. The van der Waals surface area contributed by atoms with Gasteiger partial charge in [0.25, 0.3) is 5.91 Å². The van der Waals surface area contributed by atoms with E-state index in [2.05, 4.69) is 6.58 Å². The maximum atomic E-state index is 11.7. The van der Waals surface area contributed by atoms with Gasteiger partial charge in [0.05, 0.1) is 0 Å². The molecular formula is C9H12N2OS. The first-order chi connectivity index (χ1) is 6.25. The van der Waals surface area contributed by atoms with E-state index in [1.54, 1.807) is 11.0 Å². The molecule has 2 heterocycles. The molecule has 2 fully saturated rings. The van der Waals surface area contributed by atoms with E-state index in [1.807, 2.05) is 4.90 Å². The van der Waals surface area contributed by atoms with Crippen LogP contribution in [0.5, 0.6) is 0 Å². The summed E-state index contributed by atoms with van der Waals surface area (Å²) in [6.07, 6.45) is 3.75. The fraction of sp³-hybridized carbons (Fsp3) is 0.556. The molecular weight excluding hydrogens is 184 g/mol. The second-order valence-corrected chi connectivity index (χ2v) is 3.74. The van der Waals surface area contributed by atoms with Crippen LogP contribution in [-0.2, 0) is 4.79 Å². The Morgan fingerprint density at radius 2 is 2.46 bits per heavy atom. The molecule has 0 spiro atoms. The van der Waals surface area contributed by atoms with E-state index in [1.165, 1.54) is 0 Å². The van der Waals surface area contributed by atoms with Gasteiger partial charge in [0, 0.05) is 13.1 Å². The Hall–Kier alpha value is -0.900. The van der Waals surface area contributed by atoms with E-state index in [9.17, 15) is 4.79 Å². The Labute approximate surface area is 83.0 Å². The zero-order valence-electron chi connectivity index (χ0n) is 7.40. The number of nitrogens with zero attached hydrogens (tertiary/aromatic N) is 2. The minimum absolute atomic E-state index is 0.0347. The van der Waals surface area contributed by atoms with E-state index in [0.717, 1.165) is 19.4 Å². The molecule has 2 aliphatic heterocycles. The number of thiocarbonyl (C=S) groups is 1. The molecule has 70 valence electrons. The minimum atomic E-state index is 0.0347. The van der Waals surface area contributed by atoms with Crippen LogP contribution in [-0.4, -0.2) is 40.0 Å². The van der Waals surface area contributed by atoms with Crippen LogP contribution in [0.4, 0.5) is 0 Å². The first-order valence-corrected chi connectivity index (χ1v) is 4.89. The van der Waals surface area contributed by atoms with Crippen LogP contribution in [0.25, 0.3) is 0 Å². The van der Waals surface area contributed by atoms with Gasteiger partial charge in [0.1, 0.15) is 6.04 Å². The van der Waals surface area contributed by atoms with Gasteiger partial charge >= 0.3 is 0 Å². The molecule has 0 aromatic carbocycles. The zero-order chi connectivity index (χ0) is 9.42. The van der Waals surface area contributed by atoms with Gasteiger partial charge < -0.3 is 4.90 Å². The van der Waals surface area contributed by atoms with Crippen LogP contribution in [0, 0.1) is 0 Å². The highest BCUT2D eigenvalue weighted by Crippen LogP contribution is 2.27. The molecule has 0 bridgehead atoms. The largest absolute Gasteiger partial charge is 0.337 e. The molecule has 2 aliphatic rings. The Morgan fingerprint density at radius 1 is 1.69 bits per heavy atom. The lowest BCUT2D eigenvalue weighted by molar-refractivity contribution is -0.127. The van der Waals surface area contributed by atoms with Crippen molar-refractivity contribution in [2.24, 2.45) is 0 Å². The van der Waals surface area contributed by atoms with E-state index >= 15 is 0 Å². The molecule has 0 unspecified atom stereocenters. The third-order valence-electron chi connectivity index (χ3n) is 2.59. The number of hydrogen-bond donors (Lipinski definition) is 0. The summed E-state index contributed by atoms with van der Waals surface area (Å²) in [5.74, 6) is 0.155. The highest BCUT2D eigenvalue weighted by Gasteiger charge is 2.43. The first-order valence-electron chi connectivity index (χ1n) is 4.48. The van der Waals surface area contributed by atoms with Gasteiger partial charge in [-0.25, -0.2) is 0 Å². The van der Waals surface area contributed by atoms with Crippen molar-refractivity contribution in [1.29, 1.82) is 0 Å². The van der Waals surface area contributed by atoms with Crippen LogP contribution >= 0.6 is 12.2 Å². The van der Waals surface area contributed by atoms with Crippen molar-refractivity contribution in [2.75, 3.05) is 13.1 Å². The quantitative estimate of drug-likeness (QED) is 0.481. The van der Waals surface area contributed by atoms with Crippen LogP contribution < -0.4 is 0 Å². The average Bonchev–Trinajstić information content (AvgIpc) is 2.66. The van der Waals surface area contributed by atoms with Gasteiger partial charge in [-0.05, 0) is 25.1 Å². The van der Waals surface area contributed by atoms with Gasteiger partial charge in [-0.2, -0.15) is 0 Å². The predicted octanol–water partition coefficient (Wildman–Crippen LogP) is 0.764. The van der Waals surface area contributed by atoms with Crippen LogP contribution in [0.3, 0.4) is 0 Å². The van der Waals surface area contributed by atoms with Crippen LogP contribution in [0.15, 0.2) is 12.7 Å². The molecule has 1 atom stereocenters. The number of hydrogen-bond acceptors (Lipinski definition) is 2. The summed E-state index contributed by atoms with van der Waals surface area (Å²) in [5, 5.41) is 0.687. The van der Waals surface area contributed by atoms with E-state index in [0.29, 0.717) is 11.7 Å². The van der Waals surface area contributed by atoms with Crippen molar-refractivity contribution in [3.05, 3.63) is 12.7 Å². The topological polar surface area (TPSA) is 23.6 Å². The SMILES string of the molecule is C=CCN1C(=O)[C@H]2CCCN2C1=S. The molecule has 2 saturated heterocycles. The van der Waals surface area contributed by atoms with Gasteiger partial charge in [-0.1, -0.05) is 6.08 Å². The molecule has 4 heteroatoms. The van der Waals surface area contributed by atoms with Crippen molar-refractivity contribution in [1.82, 2.24) is 9.80 Å². The van der Waals surface area contributed by atoms with Gasteiger partial charge in [0.2, 0.25) is 0 Å². The lowest BCUT2D eigenvalue weighted by Gasteiger charge is -2.16. The molecule has 0 radical (unpaired) electrons. The minimum Gasteiger partial charge on any atom is -0.337 e. The van der Waals surface area contributed by atoms with Crippen molar-refractivity contribution < 1.29 is 4.79 Å². The van der Waals surface area contributed by atoms with Gasteiger partial charge in [-0.3, -0.25) is 9.69 Å². The molecule has 2 rings (SSSR count). The molecule has 3 nitrogen and oxygen atoms in total. The molecule has 1 amide bonds. The summed E-state index contributed by atoms with van der Waals surface area (Å²) < 4.78 is 0. The normalized spacial score (nSPS) is 26.9. The molecule has 0 N–H and O–H groups in total. The Kier molecular flexibility index (Phi) is 2.07. The Bertz CT molecular complexity index is 255. The highest BCUT2D eigenvalue weighted by atomic mass is 32.1. The summed E-state index contributed by atoms with van der Waals surface area (Å²) in [7, 11) is 0. The molecule has 0 aromatic rings. The maximum absolute atomic E-state index is 11.7. The van der Waals surface area contributed by atoms with Crippen LogP contribution in [0.2, 0.25) is 0 Å². The zero-order valence-corrected chi connectivity index (χ0v) is 8.22. The Morgan fingerprint density at radius 3 is 3.08 bits per heavy atom. The van der Waals surface area contributed by atoms with Gasteiger partial charge in [-0.15, -0.1) is 6.58 Å². The molecule has 0 aliphatic carbocycles. The van der Waals surface area contributed by atoms with Crippen LogP contribution in [0.1, 0.15) is 12.8 Å². The molecule has 0 saturated carbocycles. The highest BCUT2D eigenvalue weighted by molar-refractivity contribution is 7.80. The van der Waals surface area contributed by atoms with E-state index in [-0.39, 0.29) is 11.9 Å². The summed E-state index contributed by atoms with van der Waals surface area (Å²) in [4.78, 5) is 15.4. The maximum Gasteiger partial charge on any atom is 0.251 e. The Balaban J connectivity index is 2.21. The third-order valence-corrected chi connectivity index (χ3v) is 3.05. The number of rotatable bonds is 2. The fourth-order valence-corrected chi connectivity index (χ4v) is 2.36. The van der Waals surface area contributed by atoms with E-state index < -0.39 is 0 Å². The van der Waals surface area contributed by atoms with Gasteiger partial charge in [0.15, 0.2) is 5.11 Å². The third kappa shape index (κ3) is 1.16. The van der Waals surface area contributed by atoms with Crippen molar-refractivity contribution in [2.45, 2.75) is 18.9 Å². The molecule has 0 aromatic heterocycles. The monoisotopic (exact) mass is 196 g/mol. The standard InChI is InChI=1S/C9H12N2OS/c1-2-5-11-8(12)7-4-3-6-10(7)9(11)13/h2,7H,1,3-6H2/t7-/m1/s1. The average molecular weight is 196 g/mol. The smallest absolute Gasteiger partial charge is 0.251 e. The number of carbonyl (C=O) groups excluding carboxylic acids is 1. The fourth-order valence-electron chi connectivity index (χ4n) is 1.98. The predicted molar refractivity (Wildman–Crippen MR) is 54.2 cm³/mol. The van der Waals surface area contributed by atoms with E-state index in [4.69, 9.17) is 12.2 Å². The summed E-state index contributed by atoms with van der Waals surface area (Å²) in [6, 6.07) is 0.0347. The summed E-state index contributed by atoms with van der Waals surface area (Å²) in [5.41, 5.74) is 0. The first kappa shape index (κ1) is 8.69. The lowest BCUT2D eigenvalue weighted by Crippen LogP contribution is -2.32. The second kappa shape index (κ2) is 3.10. The second-order valence-electron chi connectivity index (χ2n) is 3.37. The summed E-state index contributed by atoms with van der Waals surface area (Å²) >= 11 is 5.20. The summed E-state index contributed by atoms with van der Waals surface area (Å²) in [6.45, 7) is 5.09. The van der Waals surface area contributed by atoms with Crippen molar-refractivity contribution in [3.8, 4) is 0 Å². The molecule has 13 heavy (non-hydrogen) atoms. The van der Waals surface area contributed by atoms with Crippen molar-refractivity contribution >= 4 is 23.2 Å². The number of fused-ring (bicyclic) bond motifs is 1. The lowest BCUT2D eigenvalue weighted by atomic mass is 10.2.